The second-order valence-electron chi connectivity index (χ2n) is 8.19. The number of carboxylic acids is 1. The third-order valence-corrected chi connectivity index (χ3v) is 6.44. The van der Waals surface area contributed by atoms with E-state index in [4.69, 9.17) is 22.7 Å². The van der Waals surface area contributed by atoms with Crippen molar-refractivity contribution < 1.29 is 19.4 Å². The maximum absolute atomic E-state index is 12.2. The van der Waals surface area contributed by atoms with E-state index < -0.39 is 29.6 Å². The number of amides is 1. The van der Waals surface area contributed by atoms with Crippen molar-refractivity contribution in [3.05, 3.63) is 65.9 Å². The number of carbonyl (C=O) groups excluding carboxylic acids is 1. The fraction of sp³-hybridized carbons (Fsp3) is 0.320. The number of carbonyl (C=O) groups is 2. The number of carboxylic acid groups (broad SMARTS) is 1. The Balaban J connectivity index is 1.97. The molecule has 0 fully saturated rings. The average Bonchev–Trinajstić information content (AvgIpc) is 3.20. The molecule has 0 bridgehead atoms. The van der Waals surface area contributed by atoms with Gasteiger partial charge in [0.25, 0.3) is 0 Å². The van der Waals surface area contributed by atoms with E-state index in [1.165, 1.54) is 0 Å². The number of aromatic nitrogens is 1. The number of aryl methyl sites for hydroxylation is 1. The second kappa shape index (κ2) is 11.0. The highest BCUT2D eigenvalue weighted by Gasteiger charge is 2.38. The standard InChI is InChI=1S/C25H29N3O4S/c1-15-7-9-17(10-8-15)32-14-21(20(25(30)31)12-23(26)29)19(24(33)27-2)11-16-13-28-22-6-4-3-5-18(16)22/h3-10,13,19-21,28H,11-12,14H2,1-2H3,(H2,26,29)(H,27,33)(H,30,31)/t19-,20+,21?/m0/s1. The van der Waals surface area contributed by atoms with Crippen LogP contribution in [0.4, 0.5) is 0 Å². The molecular formula is C25H29N3O4S. The first-order valence-electron chi connectivity index (χ1n) is 10.8. The van der Waals surface area contributed by atoms with E-state index in [1.54, 1.807) is 7.05 Å². The number of nitrogens with one attached hydrogen (secondary N) is 2. The van der Waals surface area contributed by atoms with Crippen molar-refractivity contribution in [2.75, 3.05) is 13.7 Å². The lowest BCUT2D eigenvalue weighted by Crippen LogP contribution is -2.43. The van der Waals surface area contributed by atoms with Crippen molar-refractivity contribution in [2.45, 2.75) is 19.8 Å². The lowest BCUT2D eigenvalue weighted by molar-refractivity contribution is -0.147. The van der Waals surface area contributed by atoms with Gasteiger partial charge in [0.1, 0.15) is 5.75 Å². The fourth-order valence-corrected chi connectivity index (χ4v) is 4.40. The molecule has 1 heterocycles. The lowest BCUT2D eigenvalue weighted by atomic mass is 9.77. The van der Waals surface area contributed by atoms with Crippen LogP contribution >= 0.6 is 12.2 Å². The Morgan fingerprint density at radius 3 is 2.48 bits per heavy atom. The van der Waals surface area contributed by atoms with Crippen LogP contribution in [-0.2, 0) is 16.0 Å². The van der Waals surface area contributed by atoms with Crippen LogP contribution in [0.1, 0.15) is 17.5 Å². The third kappa shape index (κ3) is 6.10. The quantitative estimate of drug-likeness (QED) is 0.321. The van der Waals surface area contributed by atoms with Crippen LogP contribution in [0.25, 0.3) is 10.9 Å². The first-order valence-corrected chi connectivity index (χ1v) is 11.2. The number of hydrogen-bond donors (Lipinski definition) is 4. The lowest BCUT2D eigenvalue weighted by Gasteiger charge is -2.31. The molecule has 3 rings (SSSR count). The number of para-hydroxylation sites is 1. The second-order valence-corrected chi connectivity index (χ2v) is 8.63. The highest BCUT2D eigenvalue weighted by molar-refractivity contribution is 7.80. The van der Waals surface area contributed by atoms with Crippen molar-refractivity contribution in [1.82, 2.24) is 10.3 Å². The molecule has 5 N–H and O–H groups in total. The summed E-state index contributed by atoms with van der Waals surface area (Å²) in [6.07, 6.45) is 2.10. The zero-order valence-electron chi connectivity index (χ0n) is 18.7. The summed E-state index contributed by atoms with van der Waals surface area (Å²) in [6.45, 7) is 2.05. The Kier molecular flexibility index (Phi) is 8.06. The summed E-state index contributed by atoms with van der Waals surface area (Å²) < 4.78 is 6.01. The van der Waals surface area contributed by atoms with Gasteiger partial charge in [-0.1, -0.05) is 48.1 Å². The van der Waals surface area contributed by atoms with Gasteiger partial charge in [0.2, 0.25) is 5.91 Å². The van der Waals surface area contributed by atoms with E-state index in [1.807, 2.05) is 61.7 Å². The van der Waals surface area contributed by atoms with Gasteiger partial charge in [-0.25, -0.2) is 0 Å². The van der Waals surface area contributed by atoms with E-state index in [2.05, 4.69) is 10.3 Å². The molecule has 3 atom stereocenters. The maximum Gasteiger partial charge on any atom is 0.307 e. The normalized spacial score (nSPS) is 13.8. The minimum Gasteiger partial charge on any atom is -0.493 e. The number of fused-ring (bicyclic) bond motifs is 1. The van der Waals surface area contributed by atoms with E-state index >= 15 is 0 Å². The molecule has 0 aliphatic carbocycles. The Labute approximate surface area is 198 Å². The number of H-pyrrole nitrogens is 1. The molecule has 2 aromatic carbocycles. The molecule has 3 aromatic rings. The molecule has 0 radical (unpaired) electrons. The summed E-state index contributed by atoms with van der Waals surface area (Å²) >= 11 is 5.63. The third-order valence-electron chi connectivity index (χ3n) is 5.93. The van der Waals surface area contributed by atoms with Crippen LogP contribution in [0.2, 0.25) is 0 Å². The van der Waals surface area contributed by atoms with Crippen molar-refractivity contribution in [3.8, 4) is 5.75 Å². The molecule has 1 unspecified atom stereocenters. The van der Waals surface area contributed by atoms with Crippen LogP contribution < -0.4 is 15.8 Å². The van der Waals surface area contributed by atoms with Crippen LogP contribution in [0.3, 0.4) is 0 Å². The van der Waals surface area contributed by atoms with Gasteiger partial charge >= 0.3 is 5.97 Å². The van der Waals surface area contributed by atoms with Gasteiger partial charge in [0, 0.05) is 42.4 Å². The molecule has 1 aromatic heterocycles. The Morgan fingerprint density at radius 1 is 1.15 bits per heavy atom. The first-order chi connectivity index (χ1) is 15.8. The van der Waals surface area contributed by atoms with Gasteiger partial charge < -0.3 is 25.9 Å². The summed E-state index contributed by atoms with van der Waals surface area (Å²) in [6, 6.07) is 15.4. The smallest absolute Gasteiger partial charge is 0.307 e. The topological polar surface area (TPSA) is 117 Å². The molecule has 0 aliphatic heterocycles. The van der Waals surface area contributed by atoms with E-state index in [-0.39, 0.29) is 13.0 Å². The number of rotatable bonds is 11. The Morgan fingerprint density at radius 2 is 1.85 bits per heavy atom. The van der Waals surface area contributed by atoms with Crippen molar-refractivity contribution in [3.63, 3.8) is 0 Å². The Bertz CT molecular complexity index is 1130. The first kappa shape index (κ1) is 24.3. The molecule has 1 amide bonds. The Hall–Kier alpha value is -3.39. The maximum atomic E-state index is 12.2. The van der Waals surface area contributed by atoms with Crippen molar-refractivity contribution in [2.24, 2.45) is 23.5 Å². The fourth-order valence-electron chi connectivity index (χ4n) is 4.14. The van der Waals surface area contributed by atoms with Gasteiger partial charge in [-0.3, -0.25) is 9.59 Å². The number of aliphatic carboxylic acids is 1. The number of thiocarbonyl (C=S) groups is 1. The number of benzene rings is 2. The number of hydrogen-bond acceptors (Lipinski definition) is 4. The molecule has 7 nitrogen and oxygen atoms in total. The number of aromatic amines is 1. The molecule has 33 heavy (non-hydrogen) atoms. The minimum atomic E-state index is -1.10. The van der Waals surface area contributed by atoms with Gasteiger partial charge in [-0.2, -0.15) is 0 Å². The summed E-state index contributed by atoms with van der Waals surface area (Å²) in [7, 11) is 1.71. The minimum absolute atomic E-state index is 0.0716. The molecule has 0 saturated heterocycles. The number of ether oxygens (including phenoxy) is 1. The number of nitrogens with two attached hydrogens (primary N) is 1. The molecule has 0 saturated carbocycles. The summed E-state index contributed by atoms with van der Waals surface area (Å²) in [5.41, 5.74) is 8.50. The van der Waals surface area contributed by atoms with Gasteiger partial charge in [0.05, 0.1) is 17.5 Å². The SMILES string of the molecule is CNC(=S)[C@@H](Cc1c[nH]c2ccccc12)C(COc1ccc(C)cc1)[C@@H](CC(N)=O)C(=O)O. The van der Waals surface area contributed by atoms with E-state index in [0.29, 0.717) is 17.2 Å². The summed E-state index contributed by atoms with van der Waals surface area (Å²) in [5, 5.41) is 14.1. The summed E-state index contributed by atoms with van der Waals surface area (Å²) in [5.74, 6) is -3.19. The monoisotopic (exact) mass is 467 g/mol. The highest BCUT2D eigenvalue weighted by Crippen LogP contribution is 2.32. The van der Waals surface area contributed by atoms with Crippen molar-refractivity contribution in [1.29, 1.82) is 0 Å². The van der Waals surface area contributed by atoms with Crippen molar-refractivity contribution >= 4 is 40.0 Å². The van der Waals surface area contributed by atoms with Crippen LogP contribution in [-0.4, -0.2) is 40.6 Å². The van der Waals surface area contributed by atoms with Gasteiger partial charge in [0.15, 0.2) is 0 Å². The largest absolute Gasteiger partial charge is 0.493 e. The predicted molar refractivity (Wildman–Crippen MR) is 132 cm³/mol. The average molecular weight is 468 g/mol. The van der Waals surface area contributed by atoms with Gasteiger partial charge in [-0.15, -0.1) is 0 Å². The molecule has 0 spiro atoms. The highest BCUT2D eigenvalue weighted by atomic mass is 32.1. The zero-order valence-corrected chi connectivity index (χ0v) is 19.5. The number of primary amides is 1. The van der Waals surface area contributed by atoms with Crippen LogP contribution in [0.5, 0.6) is 5.75 Å². The molecule has 174 valence electrons. The predicted octanol–water partition coefficient (Wildman–Crippen LogP) is 3.45. The summed E-state index contributed by atoms with van der Waals surface area (Å²) in [4.78, 5) is 27.7. The van der Waals surface area contributed by atoms with Crippen LogP contribution in [0, 0.1) is 24.7 Å². The molecule has 0 aliphatic rings. The zero-order chi connectivity index (χ0) is 24.0. The van der Waals surface area contributed by atoms with E-state index in [0.717, 1.165) is 22.0 Å². The van der Waals surface area contributed by atoms with Crippen LogP contribution in [0.15, 0.2) is 54.7 Å². The molecule has 8 heteroatoms. The molecular weight excluding hydrogens is 438 g/mol. The van der Waals surface area contributed by atoms with Gasteiger partial charge in [-0.05, 0) is 37.1 Å². The van der Waals surface area contributed by atoms with E-state index in [9.17, 15) is 14.7 Å².